The molecule has 5 heteroatoms. The van der Waals surface area contributed by atoms with Crippen LogP contribution in [0.3, 0.4) is 0 Å². The van der Waals surface area contributed by atoms with Gasteiger partial charge in [0.15, 0.2) is 0 Å². The Bertz CT molecular complexity index is 2680. The first-order valence-corrected chi connectivity index (χ1v) is 21.6. The summed E-state index contributed by atoms with van der Waals surface area (Å²) in [6.45, 7) is 9.19. The molecule has 0 N–H and O–H groups in total. The Morgan fingerprint density at radius 1 is 0.648 bits per heavy atom. The molecule has 0 aliphatic rings. The summed E-state index contributed by atoms with van der Waals surface area (Å²) in [5.74, 6) is 0. The summed E-state index contributed by atoms with van der Waals surface area (Å²) in [6.07, 6.45) is 4.84. The van der Waals surface area contributed by atoms with E-state index in [9.17, 15) is 0 Å². The summed E-state index contributed by atoms with van der Waals surface area (Å²) in [5, 5.41) is 5.98. The van der Waals surface area contributed by atoms with Crippen LogP contribution in [0.25, 0.3) is 66.4 Å². The molecule has 3 aromatic heterocycles. The van der Waals surface area contributed by atoms with Crippen molar-refractivity contribution in [1.29, 1.82) is 0 Å². The minimum absolute atomic E-state index is 0. The third-order valence-corrected chi connectivity index (χ3v) is 11.7. The Hall–Kier alpha value is -5.45. The molecule has 0 unspecified atom stereocenters. The molecule has 0 amide bonds. The Balaban J connectivity index is 0.000000170. The number of fused-ring (bicyclic) bond motifs is 4. The van der Waals surface area contributed by atoms with E-state index in [1.165, 1.54) is 33.0 Å². The number of rotatable bonds is 6. The van der Waals surface area contributed by atoms with Gasteiger partial charge in [0.05, 0.1) is 13.7 Å². The van der Waals surface area contributed by atoms with E-state index in [1.54, 1.807) is 0 Å². The number of pyridine rings is 2. The maximum atomic E-state index is 6.36. The van der Waals surface area contributed by atoms with E-state index in [4.69, 9.17) is 14.4 Å². The smallest absolute Gasteiger partial charge is 0.120 e. The predicted molar refractivity (Wildman–Crippen MR) is 224 cm³/mol. The van der Waals surface area contributed by atoms with Crippen molar-refractivity contribution in [2.75, 3.05) is 0 Å². The topological polar surface area (TPSA) is 38.9 Å². The molecule has 0 spiro atoms. The summed E-state index contributed by atoms with van der Waals surface area (Å²) in [6, 6.07) is 57.2. The van der Waals surface area contributed by atoms with Gasteiger partial charge in [-0.05, 0) is 51.0 Å². The third kappa shape index (κ3) is 7.76. The zero-order valence-electron chi connectivity index (χ0n) is 30.9. The zero-order valence-corrected chi connectivity index (χ0v) is 34.2. The van der Waals surface area contributed by atoms with Crippen LogP contribution in [0.4, 0.5) is 0 Å². The SMILES string of the molecule is Cc1c[c-]c(-c2cc(-c3ccccc3)c([Si](C)(C)C)cn2)cc1.[Ir].[c-]1cc(Cc2ccccc2)c2c(oc3ccccc32)c1-c1cc2ccccc2cn1. The van der Waals surface area contributed by atoms with Crippen LogP contribution in [0.2, 0.25) is 19.6 Å². The first-order valence-electron chi connectivity index (χ1n) is 18.1. The molecule has 0 saturated heterocycles. The van der Waals surface area contributed by atoms with Crippen molar-refractivity contribution in [1.82, 2.24) is 9.97 Å². The van der Waals surface area contributed by atoms with E-state index < -0.39 is 8.07 Å². The van der Waals surface area contributed by atoms with Crippen LogP contribution >= 0.6 is 0 Å². The Labute approximate surface area is 332 Å². The molecule has 0 saturated carbocycles. The van der Waals surface area contributed by atoms with Gasteiger partial charge in [-0.25, -0.2) is 0 Å². The largest absolute Gasteiger partial charge is 0.501 e. The summed E-state index contributed by atoms with van der Waals surface area (Å²) >= 11 is 0. The van der Waals surface area contributed by atoms with Crippen LogP contribution in [0, 0.1) is 19.1 Å². The van der Waals surface area contributed by atoms with Gasteiger partial charge in [-0.3, -0.25) is 0 Å². The molecule has 0 bridgehead atoms. The Morgan fingerprint density at radius 3 is 2.07 bits per heavy atom. The van der Waals surface area contributed by atoms with Crippen molar-refractivity contribution >= 4 is 46.0 Å². The second-order valence-electron chi connectivity index (χ2n) is 14.6. The minimum atomic E-state index is -1.47. The second kappa shape index (κ2) is 15.9. The number of hydrogen-bond acceptors (Lipinski definition) is 3. The summed E-state index contributed by atoms with van der Waals surface area (Å²) < 4.78 is 6.36. The van der Waals surface area contributed by atoms with Crippen molar-refractivity contribution in [3.8, 4) is 33.6 Å². The molecule has 3 nitrogen and oxygen atoms in total. The molecule has 54 heavy (non-hydrogen) atoms. The van der Waals surface area contributed by atoms with Crippen molar-refractivity contribution in [2.45, 2.75) is 33.0 Å². The van der Waals surface area contributed by atoms with Gasteiger partial charge in [0.1, 0.15) is 5.58 Å². The van der Waals surface area contributed by atoms with E-state index in [2.05, 4.69) is 160 Å². The normalized spacial score (nSPS) is 11.3. The van der Waals surface area contributed by atoms with E-state index in [1.807, 2.05) is 36.5 Å². The van der Waals surface area contributed by atoms with Crippen molar-refractivity contribution in [3.63, 3.8) is 0 Å². The molecule has 0 aliphatic heterocycles. The van der Waals surface area contributed by atoms with Gasteiger partial charge in [0, 0.05) is 37.9 Å². The average Bonchev–Trinajstić information content (AvgIpc) is 3.59. The number of aryl methyl sites for hydroxylation is 1. The molecule has 9 aromatic rings. The first kappa shape index (κ1) is 36.9. The van der Waals surface area contributed by atoms with E-state index in [0.717, 1.165) is 61.6 Å². The maximum absolute atomic E-state index is 6.36. The molecule has 6 aromatic carbocycles. The monoisotopic (exact) mass is 893 g/mol. The van der Waals surface area contributed by atoms with Crippen molar-refractivity contribution < 1.29 is 24.5 Å². The quantitative estimate of drug-likeness (QED) is 0.123. The molecular weight excluding hydrogens is 853 g/mol. The van der Waals surface area contributed by atoms with Gasteiger partial charge in [-0.1, -0.05) is 158 Å². The molecule has 0 atom stereocenters. The van der Waals surface area contributed by atoms with E-state index in [0.29, 0.717) is 0 Å². The fourth-order valence-corrected chi connectivity index (χ4v) is 8.40. The molecule has 3 heterocycles. The zero-order chi connectivity index (χ0) is 36.4. The summed E-state index contributed by atoms with van der Waals surface area (Å²) in [7, 11) is -1.47. The molecule has 0 fully saturated rings. The van der Waals surface area contributed by atoms with Crippen LogP contribution in [0.5, 0.6) is 0 Å². The number of para-hydroxylation sites is 1. The van der Waals surface area contributed by atoms with E-state index in [-0.39, 0.29) is 20.1 Å². The maximum Gasteiger partial charge on any atom is 0.120 e. The van der Waals surface area contributed by atoms with Gasteiger partial charge < -0.3 is 14.4 Å². The van der Waals surface area contributed by atoms with E-state index >= 15 is 0 Å². The summed E-state index contributed by atoms with van der Waals surface area (Å²) in [4.78, 5) is 9.45. The number of furan rings is 1. The molecule has 267 valence electrons. The molecular formula is C49H40IrN2OSi-2. The standard InChI is InChI=1S/C28H18NO.C21H22NSi.Ir/c1-2-8-19(9-3-1)16-21-14-15-23(25-17-20-10-4-5-11-22(20)18-29-25)28-27(21)24-12-6-7-13-26(24)30-28;1-16-10-12-18(13-11-16)20-14-19(17-8-6-5-7-9-17)21(15-22-20)23(2,3)4;/h1-14,17-18H,16H2;5-12,14-15H,1-4H3;/q2*-1;. The number of nitrogens with zero attached hydrogens (tertiary/aromatic N) is 2. The van der Waals surface area contributed by atoms with Gasteiger partial charge in [-0.15, -0.1) is 53.1 Å². The fraction of sp³-hybridized carbons (Fsp3) is 0.102. The second-order valence-corrected chi connectivity index (χ2v) is 19.6. The van der Waals surface area contributed by atoms with Crippen molar-refractivity contribution in [2.24, 2.45) is 0 Å². The van der Waals surface area contributed by atoms with Crippen LogP contribution in [-0.2, 0) is 26.5 Å². The number of aromatic nitrogens is 2. The van der Waals surface area contributed by atoms with Gasteiger partial charge in [0.25, 0.3) is 0 Å². The van der Waals surface area contributed by atoms with Gasteiger partial charge >= 0.3 is 0 Å². The van der Waals surface area contributed by atoms with Gasteiger partial charge in [0.2, 0.25) is 0 Å². The Kier molecular flexibility index (Phi) is 10.8. The van der Waals surface area contributed by atoms with Crippen LogP contribution in [-0.4, -0.2) is 18.0 Å². The van der Waals surface area contributed by atoms with Crippen LogP contribution in [0.15, 0.2) is 162 Å². The first-order chi connectivity index (χ1) is 25.8. The number of hydrogen-bond donors (Lipinski definition) is 0. The third-order valence-electron chi connectivity index (χ3n) is 9.70. The van der Waals surface area contributed by atoms with Crippen molar-refractivity contribution in [3.05, 3.63) is 187 Å². The fourth-order valence-electron chi connectivity index (χ4n) is 6.92. The minimum Gasteiger partial charge on any atom is -0.501 e. The molecule has 1 radical (unpaired) electrons. The molecule has 0 aliphatic carbocycles. The Morgan fingerprint density at radius 2 is 1.33 bits per heavy atom. The van der Waals surface area contributed by atoms with Crippen LogP contribution < -0.4 is 5.19 Å². The summed E-state index contributed by atoms with van der Waals surface area (Å²) in [5.41, 5.74) is 11.9. The predicted octanol–water partition coefficient (Wildman–Crippen LogP) is 12.3. The average molecular weight is 893 g/mol. The number of benzene rings is 6. The molecule has 9 rings (SSSR count). The van der Waals surface area contributed by atoms with Crippen LogP contribution in [0.1, 0.15) is 16.7 Å². The van der Waals surface area contributed by atoms with Gasteiger partial charge in [-0.2, -0.15) is 0 Å².